The third-order valence-corrected chi connectivity index (χ3v) is 4.25. The van der Waals surface area contributed by atoms with Crippen LogP contribution >= 0.6 is 0 Å². The van der Waals surface area contributed by atoms with Crippen molar-refractivity contribution >= 4 is 17.5 Å². The van der Waals surface area contributed by atoms with Crippen LogP contribution in [0.2, 0.25) is 0 Å². The molecule has 1 aliphatic rings. The van der Waals surface area contributed by atoms with Crippen LogP contribution < -0.4 is 16.4 Å². The number of nitrogens with two attached hydrogens (primary N) is 1. The highest BCUT2D eigenvalue weighted by Gasteiger charge is 2.26. The van der Waals surface area contributed by atoms with Crippen LogP contribution in [0.25, 0.3) is 0 Å². The first kappa shape index (κ1) is 18.4. The molecule has 0 spiro atoms. The van der Waals surface area contributed by atoms with E-state index in [0.717, 1.165) is 18.4 Å². The van der Waals surface area contributed by atoms with E-state index in [1.165, 1.54) is 0 Å². The smallest absolute Gasteiger partial charge is 0.251 e. The molecule has 1 aromatic carbocycles. The summed E-state index contributed by atoms with van der Waals surface area (Å²) in [4.78, 5) is 24.6. The van der Waals surface area contributed by atoms with E-state index < -0.39 is 6.04 Å². The van der Waals surface area contributed by atoms with Gasteiger partial charge in [0.1, 0.15) is 0 Å². The van der Waals surface area contributed by atoms with Crippen molar-refractivity contribution in [2.45, 2.75) is 45.7 Å². The van der Waals surface area contributed by atoms with Gasteiger partial charge >= 0.3 is 0 Å². The Morgan fingerprint density at radius 1 is 1.25 bits per heavy atom. The first-order valence-corrected chi connectivity index (χ1v) is 8.44. The topological polar surface area (TPSA) is 93.5 Å². The number of hydrogen-bond donors (Lipinski definition) is 3. The van der Waals surface area contributed by atoms with Crippen molar-refractivity contribution < 1.29 is 14.3 Å². The fourth-order valence-electron chi connectivity index (χ4n) is 2.80. The summed E-state index contributed by atoms with van der Waals surface area (Å²) >= 11 is 0. The van der Waals surface area contributed by atoms with Crippen molar-refractivity contribution in [1.29, 1.82) is 0 Å². The van der Waals surface area contributed by atoms with E-state index in [1.807, 2.05) is 26.8 Å². The van der Waals surface area contributed by atoms with E-state index in [9.17, 15) is 9.59 Å². The molecule has 1 unspecified atom stereocenters. The SMILES string of the molecule is Cc1ccc(NC(=O)C(N)C2CCOCC2)cc1C(=O)NC(C)C. The predicted octanol–water partition coefficient (Wildman–Crippen LogP) is 1.83. The lowest BCUT2D eigenvalue weighted by Gasteiger charge is -2.26. The molecule has 1 aliphatic heterocycles. The van der Waals surface area contributed by atoms with Gasteiger partial charge in [0.15, 0.2) is 0 Å². The van der Waals surface area contributed by atoms with Gasteiger partial charge in [-0.2, -0.15) is 0 Å². The van der Waals surface area contributed by atoms with Gasteiger partial charge in [-0.15, -0.1) is 0 Å². The van der Waals surface area contributed by atoms with E-state index in [4.69, 9.17) is 10.5 Å². The lowest BCUT2D eigenvalue weighted by molar-refractivity contribution is -0.119. The highest BCUT2D eigenvalue weighted by Crippen LogP contribution is 2.20. The molecule has 6 heteroatoms. The fourth-order valence-corrected chi connectivity index (χ4v) is 2.80. The second-order valence-electron chi connectivity index (χ2n) is 6.62. The lowest BCUT2D eigenvalue weighted by atomic mass is 9.92. The summed E-state index contributed by atoms with van der Waals surface area (Å²) in [5.41, 5.74) is 8.09. The Balaban J connectivity index is 2.06. The van der Waals surface area contributed by atoms with Crippen molar-refractivity contribution in [3.8, 4) is 0 Å². The minimum Gasteiger partial charge on any atom is -0.381 e. The normalized spacial score (nSPS) is 16.7. The molecular formula is C18H27N3O3. The first-order chi connectivity index (χ1) is 11.4. The van der Waals surface area contributed by atoms with Crippen LogP contribution in [-0.2, 0) is 9.53 Å². The van der Waals surface area contributed by atoms with Crippen molar-refractivity contribution in [3.63, 3.8) is 0 Å². The minimum atomic E-state index is -0.567. The summed E-state index contributed by atoms with van der Waals surface area (Å²) in [6.07, 6.45) is 1.59. The third kappa shape index (κ3) is 4.79. The van der Waals surface area contributed by atoms with E-state index in [0.29, 0.717) is 24.5 Å². The highest BCUT2D eigenvalue weighted by molar-refractivity contribution is 5.99. The number of rotatable bonds is 5. The number of aryl methyl sites for hydroxylation is 1. The van der Waals surface area contributed by atoms with Gasteiger partial charge in [-0.1, -0.05) is 6.07 Å². The fraction of sp³-hybridized carbons (Fsp3) is 0.556. The molecule has 1 atom stereocenters. The van der Waals surface area contributed by atoms with Gasteiger partial charge < -0.3 is 21.1 Å². The zero-order valence-electron chi connectivity index (χ0n) is 14.6. The number of benzene rings is 1. The Labute approximate surface area is 143 Å². The molecule has 1 aromatic rings. The molecule has 4 N–H and O–H groups in total. The lowest BCUT2D eigenvalue weighted by Crippen LogP contribution is -2.44. The number of ether oxygens (including phenoxy) is 1. The van der Waals surface area contributed by atoms with Gasteiger partial charge in [-0.05, 0) is 57.2 Å². The van der Waals surface area contributed by atoms with Crippen LogP contribution in [0.15, 0.2) is 18.2 Å². The van der Waals surface area contributed by atoms with Crippen molar-refractivity contribution in [2.24, 2.45) is 11.7 Å². The zero-order chi connectivity index (χ0) is 17.7. The number of carbonyl (C=O) groups is 2. The molecule has 0 bridgehead atoms. The summed E-state index contributed by atoms with van der Waals surface area (Å²) in [5, 5.41) is 5.69. The Morgan fingerprint density at radius 3 is 2.54 bits per heavy atom. The van der Waals surface area contributed by atoms with E-state index in [-0.39, 0.29) is 23.8 Å². The maximum Gasteiger partial charge on any atom is 0.251 e. The second-order valence-corrected chi connectivity index (χ2v) is 6.62. The maximum absolute atomic E-state index is 12.4. The third-order valence-electron chi connectivity index (χ3n) is 4.25. The summed E-state index contributed by atoms with van der Waals surface area (Å²) in [7, 11) is 0. The molecule has 6 nitrogen and oxygen atoms in total. The van der Waals surface area contributed by atoms with Crippen molar-refractivity contribution in [3.05, 3.63) is 29.3 Å². The van der Waals surface area contributed by atoms with Crippen LogP contribution in [0.5, 0.6) is 0 Å². The summed E-state index contributed by atoms with van der Waals surface area (Å²) in [5.74, 6) is -0.235. The Kier molecular flexibility index (Phi) is 6.34. The summed E-state index contributed by atoms with van der Waals surface area (Å²) in [6, 6.07) is 4.79. The van der Waals surface area contributed by atoms with Gasteiger partial charge in [0.05, 0.1) is 6.04 Å². The van der Waals surface area contributed by atoms with Crippen LogP contribution in [0, 0.1) is 12.8 Å². The van der Waals surface area contributed by atoms with Gasteiger partial charge in [-0.25, -0.2) is 0 Å². The number of hydrogen-bond acceptors (Lipinski definition) is 4. The molecule has 1 fully saturated rings. The van der Waals surface area contributed by atoms with Gasteiger partial charge in [-0.3, -0.25) is 9.59 Å². The number of carbonyl (C=O) groups excluding carboxylic acids is 2. The number of amides is 2. The van der Waals surface area contributed by atoms with E-state index in [2.05, 4.69) is 10.6 Å². The number of nitrogens with one attached hydrogen (secondary N) is 2. The Bertz CT molecular complexity index is 595. The summed E-state index contributed by atoms with van der Waals surface area (Å²) in [6.45, 7) is 6.98. The average Bonchev–Trinajstić information content (AvgIpc) is 2.56. The molecule has 2 rings (SSSR count). The Hall–Kier alpha value is -1.92. The number of anilines is 1. The molecule has 1 saturated heterocycles. The van der Waals surface area contributed by atoms with Gasteiger partial charge in [0, 0.05) is 30.5 Å². The molecule has 2 amide bonds. The van der Waals surface area contributed by atoms with Crippen molar-refractivity contribution in [1.82, 2.24) is 5.32 Å². The largest absolute Gasteiger partial charge is 0.381 e. The molecule has 0 radical (unpaired) electrons. The predicted molar refractivity (Wildman–Crippen MR) is 93.9 cm³/mol. The average molecular weight is 333 g/mol. The molecule has 132 valence electrons. The molecular weight excluding hydrogens is 306 g/mol. The minimum absolute atomic E-state index is 0.0529. The van der Waals surface area contributed by atoms with Crippen LogP contribution in [0.3, 0.4) is 0 Å². The standard InChI is InChI=1S/C18H27N3O3/c1-11(2)20-17(22)15-10-14(5-4-12(15)3)21-18(23)16(19)13-6-8-24-9-7-13/h4-5,10-11,13,16H,6-9,19H2,1-3H3,(H,20,22)(H,21,23). The van der Waals surface area contributed by atoms with Crippen LogP contribution in [0.1, 0.15) is 42.6 Å². The molecule has 0 saturated carbocycles. The van der Waals surface area contributed by atoms with Gasteiger partial charge in [0.2, 0.25) is 5.91 Å². The van der Waals surface area contributed by atoms with E-state index >= 15 is 0 Å². The second kappa shape index (κ2) is 8.26. The van der Waals surface area contributed by atoms with Crippen molar-refractivity contribution in [2.75, 3.05) is 18.5 Å². The summed E-state index contributed by atoms with van der Waals surface area (Å²) < 4.78 is 5.30. The molecule has 0 aromatic heterocycles. The van der Waals surface area contributed by atoms with Crippen LogP contribution in [-0.4, -0.2) is 37.1 Å². The first-order valence-electron chi connectivity index (χ1n) is 8.44. The Morgan fingerprint density at radius 2 is 1.92 bits per heavy atom. The highest BCUT2D eigenvalue weighted by atomic mass is 16.5. The molecule has 0 aliphatic carbocycles. The van der Waals surface area contributed by atoms with E-state index in [1.54, 1.807) is 12.1 Å². The molecule has 24 heavy (non-hydrogen) atoms. The molecule has 1 heterocycles. The zero-order valence-corrected chi connectivity index (χ0v) is 14.6. The van der Waals surface area contributed by atoms with Gasteiger partial charge in [0.25, 0.3) is 5.91 Å². The van der Waals surface area contributed by atoms with Crippen LogP contribution in [0.4, 0.5) is 5.69 Å². The quantitative estimate of drug-likeness (QED) is 0.766. The monoisotopic (exact) mass is 333 g/mol. The maximum atomic E-state index is 12.4.